The van der Waals surface area contributed by atoms with Crippen LogP contribution in [0.4, 0.5) is 0 Å². The normalized spacial score (nSPS) is 27.8. The first-order valence-electron chi connectivity index (χ1n) is 8.24. The Balaban J connectivity index is 1.80. The molecule has 116 valence electrons. The minimum atomic E-state index is -0.647. The zero-order chi connectivity index (χ0) is 15.3. The summed E-state index contributed by atoms with van der Waals surface area (Å²) in [6.45, 7) is 3.85. The van der Waals surface area contributed by atoms with Crippen molar-refractivity contribution in [2.24, 2.45) is 5.92 Å². The lowest BCUT2D eigenvalue weighted by atomic mass is 9.72. The first-order valence-corrected chi connectivity index (χ1v) is 8.24. The van der Waals surface area contributed by atoms with Crippen LogP contribution in [0.2, 0.25) is 0 Å². The van der Waals surface area contributed by atoms with Gasteiger partial charge >= 0.3 is 5.97 Å². The summed E-state index contributed by atoms with van der Waals surface area (Å²) in [6.07, 6.45) is 5.01. The number of likely N-dealkylation sites (tertiary alicyclic amines) is 1. The van der Waals surface area contributed by atoms with Crippen LogP contribution in [0.25, 0.3) is 10.9 Å². The van der Waals surface area contributed by atoms with Gasteiger partial charge in [0, 0.05) is 35.6 Å². The standard InChI is InChI=1S/C18H22N2O2/c1-2-6-20-10-12(18(21)22)7-14-13-4-3-5-15-17(13)11(9-19-15)8-16(14)20/h3-5,9,12,14,16,19H,2,6-8,10H2,1H3,(H,21,22)/t12?,14-,16-/m1/s1. The summed E-state index contributed by atoms with van der Waals surface area (Å²) < 4.78 is 0. The molecule has 1 aromatic carbocycles. The summed E-state index contributed by atoms with van der Waals surface area (Å²) in [6, 6.07) is 6.86. The Morgan fingerprint density at radius 2 is 2.32 bits per heavy atom. The van der Waals surface area contributed by atoms with E-state index in [2.05, 4.69) is 41.2 Å². The van der Waals surface area contributed by atoms with Crippen LogP contribution in [-0.4, -0.2) is 40.1 Å². The number of hydrogen-bond acceptors (Lipinski definition) is 2. The molecule has 2 aromatic rings. The first-order chi connectivity index (χ1) is 10.7. The molecule has 22 heavy (non-hydrogen) atoms. The molecule has 0 amide bonds. The topological polar surface area (TPSA) is 56.3 Å². The number of nitrogens with zero attached hydrogens (tertiary/aromatic N) is 1. The highest BCUT2D eigenvalue weighted by atomic mass is 16.4. The number of hydrogen-bond donors (Lipinski definition) is 2. The van der Waals surface area contributed by atoms with Gasteiger partial charge in [-0.05, 0) is 43.0 Å². The van der Waals surface area contributed by atoms with Crippen LogP contribution >= 0.6 is 0 Å². The predicted molar refractivity (Wildman–Crippen MR) is 86.1 cm³/mol. The fourth-order valence-corrected chi connectivity index (χ4v) is 4.52. The second kappa shape index (κ2) is 5.13. The molecule has 1 saturated heterocycles. The average molecular weight is 298 g/mol. The van der Waals surface area contributed by atoms with Crippen molar-refractivity contribution < 1.29 is 9.90 Å². The molecule has 0 saturated carbocycles. The van der Waals surface area contributed by atoms with Crippen molar-refractivity contribution in [1.82, 2.24) is 9.88 Å². The molecular formula is C18H22N2O2. The Hall–Kier alpha value is -1.81. The van der Waals surface area contributed by atoms with Gasteiger partial charge in [-0.2, -0.15) is 0 Å². The molecule has 4 heteroatoms. The Morgan fingerprint density at radius 3 is 3.09 bits per heavy atom. The minimum absolute atomic E-state index is 0.247. The van der Waals surface area contributed by atoms with E-state index in [0.717, 1.165) is 25.8 Å². The Bertz CT molecular complexity index is 721. The number of carboxylic acid groups (broad SMARTS) is 1. The van der Waals surface area contributed by atoms with E-state index in [-0.39, 0.29) is 5.92 Å². The number of carbonyl (C=O) groups is 1. The SMILES string of the molecule is CCCN1CC(C(=O)O)C[C@@H]2c3cccc4[nH]cc(c34)C[C@H]21. The van der Waals surface area contributed by atoms with Gasteiger partial charge in [0.2, 0.25) is 0 Å². The Labute approximate surface area is 130 Å². The number of benzene rings is 1. The van der Waals surface area contributed by atoms with Gasteiger partial charge in [0.25, 0.3) is 0 Å². The highest BCUT2D eigenvalue weighted by molar-refractivity contribution is 5.88. The first kappa shape index (κ1) is 13.8. The van der Waals surface area contributed by atoms with Gasteiger partial charge in [-0.15, -0.1) is 0 Å². The number of piperidine rings is 1. The maximum atomic E-state index is 11.6. The van der Waals surface area contributed by atoms with E-state index < -0.39 is 5.97 Å². The van der Waals surface area contributed by atoms with Crippen molar-refractivity contribution in [3.05, 3.63) is 35.5 Å². The molecule has 2 heterocycles. The highest BCUT2D eigenvalue weighted by Gasteiger charge is 2.42. The van der Waals surface area contributed by atoms with Gasteiger partial charge in [0.15, 0.2) is 0 Å². The molecule has 1 fully saturated rings. The van der Waals surface area contributed by atoms with Crippen molar-refractivity contribution in [2.75, 3.05) is 13.1 Å². The van der Waals surface area contributed by atoms with Crippen LogP contribution in [0, 0.1) is 5.92 Å². The summed E-state index contributed by atoms with van der Waals surface area (Å²) in [5.41, 5.74) is 3.92. The number of aliphatic carboxylic acids is 1. The van der Waals surface area contributed by atoms with Crippen LogP contribution in [0.5, 0.6) is 0 Å². The van der Waals surface area contributed by atoms with Crippen LogP contribution in [0.1, 0.15) is 36.8 Å². The van der Waals surface area contributed by atoms with Crippen molar-refractivity contribution in [3.8, 4) is 0 Å². The molecule has 4 nitrogen and oxygen atoms in total. The molecule has 3 atom stereocenters. The second-order valence-electron chi connectivity index (χ2n) is 6.73. The van der Waals surface area contributed by atoms with E-state index in [9.17, 15) is 9.90 Å². The molecule has 1 aromatic heterocycles. The lowest BCUT2D eigenvalue weighted by molar-refractivity contribution is -0.144. The van der Waals surface area contributed by atoms with Crippen LogP contribution < -0.4 is 0 Å². The molecule has 0 bridgehead atoms. The summed E-state index contributed by atoms with van der Waals surface area (Å²) >= 11 is 0. The highest BCUT2D eigenvalue weighted by Crippen LogP contribution is 2.44. The van der Waals surface area contributed by atoms with Gasteiger partial charge in [0.1, 0.15) is 0 Å². The fourth-order valence-electron chi connectivity index (χ4n) is 4.52. The third-order valence-electron chi connectivity index (χ3n) is 5.44. The zero-order valence-corrected chi connectivity index (χ0v) is 12.9. The maximum absolute atomic E-state index is 11.6. The number of carboxylic acids is 1. The van der Waals surface area contributed by atoms with E-state index >= 15 is 0 Å². The smallest absolute Gasteiger partial charge is 0.307 e. The molecular weight excluding hydrogens is 276 g/mol. The third kappa shape index (κ3) is 1.97. The van der Waals surface area contributed by atoms with Gasteiger partial charge < -0.3 is 10.1 Å². The number of aromatic amines is 1. The number of rotatable bonds is 3. The van der Waals surface area contributed by atoms with Crippen molar-refractivity contribution in [2.45, 2.75) is 38.1 Å². The second-order valence-corrected chi connectivity index (χ2v) is 6.73. The summed E-state index contributed by atoms with van der Waals surface area (Å²) in [5, 5.41) is 10.9. The zero-order valence-electron chi connectivity index (χ0n) is 12.9. The van der Waals surface area contributed by atoms with E-state index in [4.69, 9.17) is 0 Å². The molecule has 0 spiro atoms. The largest absolute Gasteiger partial charge is 0.481 e. The van der Waals surface area contributed by atoms with E-state index in [0.29, 0.717) is 18.5 Å². The lowest BCUT2D eigenvalue weighted by Crippen LogP contribution is -2.51. The molecule has 1 aliphatic heterocycles. The molecule has 2 N–H and O–H groups in total. The number of H-pyrrole nitrogens is 1. The monoisotopic (exact) mass is 298 g/mol. The molecule has 4 rings (SSSR count). The Kier molecular flexibility index (Phi) is 3.22. The molecule has 0 radical (unpaired) electrons. The van der Waals surface area contributed by atoms with Crippen LogP contribution in [-0.2, 0) is 11.2 Å². The van der Waals surface area contributed by atoms with Crippen molar-refractivity contribution >= 4 is 16.9 Å². The van der Waals surface area contributed by atoms with Crippen LogP contribution in [0.15, 0.2) is 24.4 Å². The third-order valence-corrected chi connectivity index (χ3v) is 5.44. The van der Waals surface area contributed by atoms with Crippen LogP contribution in [0.3, 0.4) is 0 Å². The van der Waals surface area contributed by atoms with Gasteiger partial charge in [-0.1, -0.05) is 19.1 Å². The maximum Gasteiger partial charge on any atom is 0.307 e. The minimum Gasteiger partial charge on any atom is -0.481 e. The summed E-state index contributed by atoms with van der Waals surface area (Å²) in [7, 11) is 0. The fraction of sp³-hybridized carbons (Fsp3) is 0.500. The van der Waals surface area contributed by atoms with Gasteiger partial charge in [-0.25, -0.2) is 0 Å². The summed E-state index contributed by atoms with van der Waals surface area (Å²) in [4.78, 5) is 17.4. The average Bonchev–Trinajstić information content (AvgIpc) is 2.93. The molecule has 1 unspecified atom stereocenters. The number of aromatic nitrogens is 1. The van der Waals surface area contributed by atoms with E-state index in [1.54, 1.807) is 0 Å². The Morgan fingerprint density at radius 1 is 1.45 bits per heavy atom. The van der Waals surface area contributed by atoms with E-state index in [1.165, 1.54) is 22.0 Å². The quantitative estimate of drug-likeness (QED) is 0.916. The molecule has 1 aliphatic carbocycles. The lowest BCUT2D eigenvalue weighted by Gasteiger charge is -2.46. The number of fused-ring (bicyclic) bond motifs is 2. The van der Waals surface area contributed by atoms with Gasteiger partial charge in [-0.3, -0.25) is 9.69 Å². The summed E-state index contributed by atoms with van der Waals surface area (Å²) in [5.74, 6) is -0.552. The number of nitrogens with one attached hydrogen (secondary N) is 1. The van der Waals surface area contributed by atoms with Gasteiger partial charge in [0.05, 0.1) is 5.92 Å². The van der Waals surface area contributed by atoms with E-state index in [1.807, 2.05) is 0 Å². The van der Waals surface area contributed by atoms with Crippen molar-refractivity contribution in [3.63, 3.8) is 0 Å². The molecule has 2 aliphatic rings. The van der Waals surface area contributed by atoms with Crippen molar-refractivity contribution in [1.29, 1.82) is 0 Å². The predicted octanol–water partition coefficient (Wildman–Crippen LogP) is 2.99.